The molecule has 0 aromatic carbocycles. The summed E-state index contributed by atoms with van der Waals surface area (Å²) in [4.78, 5) is 16.6. The third-order valence-electron chi connectivity index (χ3n) is 3.44. The van der Waals surface area contributed by atoms with Gasteiger partial charge in [0.25, 0.3) is 0 Å². The molecule has 2 heterocycles. The number of ketones is 1. The zero-order valence-corrected chi connectivity index (χ0v) is 14.3. The van der Waals surface area contributed by atoms with Gasteiger partial charge in [-0.25, -0.2) is 13.4 Å². The predicted octanol–water partition coefficient (Wildman–Crippen LogP) is 1.33. The first-order chi connectivity index (χ1) is 9.66. The van der Waals surface area contributed by atoms with Crippen molar-refractivity contribution in [3.05, 3.63) is 16.1 Å². The van der Waals surface area contributed by atoms with Gasteiger partial charge in [0.05, 0.1) is 23.6 Å². The average molecular weight is 330 g/mol. The zero-order valence-electron chi connectivity index (χ0n) is 12.7. The fraction of sp³-hybridized carbons (Fsp3) is 0.714. The number of Topliss-reactive ketones (excluding diaryl/α,β-unsaturated/α-hetero) is 1. The largest absolute Gasteiger partial charge is 0.312 e. The number of rotatable bonds is 4. The molecule has 0 radical (unpaired) electrons. The number of hydrogen-bond donors (Lipinski definition) is 1. The molecule has 1 saturated heterocycles. The summed E-state index contributed by atoms with van der Waals surface area (Å²) in [5.74, 6) is 0.266. The molecule has 0 saturated carbocycles. The number of carbonyl (C=O) groups is 1. The van der Waals surface area contributed by atoms with Crippen LogP contribution in [0.2, 0.25) is 0 Å². The van der Waals surface area contributed by atoms with Crippen molar-refractivity contribution >= 4 is 27.0 Å². The van der Waals surface area contributed by atoms with Crippen LogP contribution in [0.25, 0.3) is 0 Å². The maximum atomic E-state index is 12.1. The number of hydrogen-bond acceptors (Lipinski definition) is 6. The molecule has 21 heavy (non-hydrogen) atoms. The second-order valence-corrected chi connectivity index (χ2v) is 9.73. The van der Waals surface area contributed by atoms with Crippen LogP contribution in [0.4, 0.5) is 0 Å². The zero-order chi connectivity index (χ0) is 15.7. The quantitative estimate of drug-likeness (QED) is 0.901. The van der Waals surface area contributed by atoms with Crippen LogP contribution in [-0.4, -0.2) is 43.3 Å². The van der Waals surface area contributed by atoms with Gasteiger partial charge in [0, 0.05) is 29.8 Å². The van der Waals surface area contributed by atoms with Crippen molar-refractivity contribution in [2.24, 2.45) is 0 Å². The maximum absolute atomic E-state index is 12.1. The lowest BCUT2D eigenvalue weighted by molar-refractivity contribution is -0.118. The number of sulfone groups is 1. The lowest BCUT2D eigenvalue weighted by atomic mass is 9.93. The summed E-state index contributed by atoms with van der Waals surface area (Å²) in [7, 11) is -2.99. The molecule has 1 aliphatic rings. The molecule has 1 unspecified atom stereocenters. The van der Waals surface area contributed by atoms with Crippen LogP contribution in [0.1, 0.15) is 37.9 Å². The van der Waals surface area contributed by atoms with Crippen LogP contribution in [-0.2, 0) is 26.5 Å². The topological polar surface area (TPSA) is 76.1 Å². The average Bonchev–Trinajstić information content (AvgIpc) is 2.75. The van der Waals surface area contributed by atoms with E-state index in [4.69, 9.17) is 0 Å². The van der Waals surface area contributed by atoms with Gasteiger partial charge in [-0.1, -0.05) is 20.8 Å². The van der Waals surface area contributed by atoms with Crippen molar-refractivity contribution in [1.29, 1.82) is 0 Å². The van der Waals surface area contributed by atoms with Crippen molar-refractivity contribution in [1.82, 2.24) is 10.3 Å². The number of nitrogens with zero attached hydrogens (tertiary/aromatic N) is 1. The maximum Gasteiger partial charge on any atom is 0.153 e. The van der Waals surface area contributed by atoms with Gasteiger partial charge >= 0.3 is 0 Å². The molecule has 0 aliphatic carbocycles. The van der Waals surface area contributed by atoms with Crippen molar-refractivity contribution < 1.29 is 13.2 Å². The van der Waals surface area contributed by atoms with E-state index in [2.05, 4.69) is 31.1 Å². The van der Waals surface area contributed by atoms with Crippen LogP contribution in [0.3, 0.4) is 0 Å². The Bertz CT molecular complexity index is 614. The summed E-state index contributed by atoms with van der Waals surface area (Å²) < 4.78 is 23.1. The highest BCUT2D eigenvalue weighted by atomic mass is 32.2. The highest BCUT2D eigenvalue weighted by molar-refractivity contribution is 7.91. The second-order valence-electron chi connectivity index (χ2n) is 6.56. The van der Waals surface area contributed by atoms with Crippen molar-refractivity contribution in [3.63, 3.8) is 0 Å². The van der Waals surface area contributed by atoms with Gasteiger partial charge in [-0.05, 0) is 0 Å². The van der Waals surface area contributed by atoms with Gasteiger partial charge in [-0.3, -0.25) is 4.79 Å². The molecule has 0 bridgehead atoms. The highest BCUT2D eigenvalue weighted by Crippen LogP contribution is 2.24. The summed E-state index contributed by atoms with van der Waals surface area (Å²) in [5, 5.41) is 5.90. The standard InChI is InChI=1S/C14H22N2O3S2/c1-14(2,3)12-8-20-13(16-12)7-11(17)6-10-9-21(18,19)5-4-15-10/h8,10,15H,4-7,9H2,1-3H3. The molecule has 0 amide bonds. The summed E-state index contributed by atoms with van der Waals surface area (Å²) >= 11 is 1.50. The van der Waals surface area contributed by atoms with E-state index >= 15 is 0 Å². The Morgan fingerprint density at radius 3 is 2.76 bits per heavy atom. The summed E-state index contributed by atoms with van der Waals surface area (Å²) in [6.07, 6.45) is 0.544. The Kier molecular flexibility index (Phi) is 4.85. The fourth-order valence-electron chi connectivity index (χ4n) is 2.25. The second kappa shape index (κ2) is 6.14. The monoisotopic (exact) mass is 330 g/mol. The van der Waals surface area contributed by atoms with Gasteiger partial charge in [0.15, 0.2) is 9.84 Å². The van der Waals surface area contributed by atoms with Gasteiger partial charge in [-0.2, -0.15) is 0 Å². The first-order valence-electron chi connectivity index (χ1n) is 7.06. The van der Waals surface area contributed by atoms with Crippen LogP contribution in [0.15, 0.2) is 5.38 Å². The molecule has 5 nitrogen and oxygen atoms in total. The highest BCUT2D eigenvalue weighted by Gasteiger charge is 2.26. The minimum atomic E-state index is -2.99. The summed E-state index contributed by atoms with van der Waals surface area (Å²) in [6.45, 7) is 6.70. The van der Waals surface area contributed by atoms with Crippen LogP contribution < -0.4 is 5.32 Å². The number of thiazole rings is 1. The SMILES string of the molecule is CC(C)(C)c1csc(CC(=O)CC2CS(=O)(=O)CCN2)n1. The molecule has 1 fully saturated rings. The minimum Gasteiger partial charge on any atom is -0.312 e. The van der Waals surface area contributed by atoms with Gasteiger partial charge in [-0.15, -0.1) is 11.3 Å². The molecular weight excluding hydrogens is 308 g/mol. The van der Waals surface area contributed by atoms with E-state index in [-0.39, 0.29) is 35.2 Å². The lowest BCUT2D eigenvalue weighted by Crippen LogP contribution is -2.46. The first kappa shape index (κ1) is 16.6. The van der Waals surface area contributed by atoms with Crippen LogP contribution >= 0.6 is 11.3 Å². The van der Waals surface area contributed by atoms with E-state index < -0.39 is 9.84 Å². The molecule has 1 N–H and O–H groups in total. The number of aromatic nitrogens is 1. The van der Waals surface area contributed by atoms with Gasteiger partial charge < -0.3 is 5.32 Å². The Morgan fingerprint density at radius 1 is 1.48 bits per heavy atom. The van der Waals surface area contributed by atoms with Gasteiger partial charge in [0.1, 0.15) is 10.8 Å². The third kappa shape index (κ3) is 4.86. The molecule has 2 rings (SSSR count). The van der Waals surface area contributed by atoms with E-state index in [1.807, 2.05) is 5.38 Å². The molecule has 0 spiro atoms. The number of carbonyl (C=O) groups excluding carboxylic acids is 1. The van der Waals surface area contributed by atoms with Crippen molar-refractivity contribution in [3.8, 4) is 0 Å². The smallest absolute Gasteiger partial charge is 0.153 e. The van der Waals surface area contributed by atoms with Gasteiger partial charge in [0.2, 0.25) is 0 Å². The minimum absolute atomic E-state index is 0.0171. The van der Waals surface area contributed by atoms with E-state index in [1.165, 1.54) is 11.3 Å². The predicted molar refractivity (Wildman–Crippen MR) is 84.6 cm³/mol. The first-order valence-corrected chi connectivity index (χ1v) is 9.76. The molecule has 1 atom stereocenters. The summed E-state index contributed by atoms with van der Waals surface area (Å²) in [5.41, 5.74) is 0.977. The Labute approximate surface area is 130 Å². The van der Waals surface area contributed by atoms with Crippen LogP contribution in [0.5, 0.6) is 0 Å². The van der Waals surface area contributed by atoms with Crippen molar-refractivity contribution in [2.45, 2.75) is 45.1 Å². The van der Waals surface area contributed by atoms with E-state index in [0.29, 0.717) is 13.0 Å². The molecular formula is C14H22N2O3S2. The molecule has 7 heteroatoms. The Balaban J connectivity index is 1.91. The number of nitrogens with one attached hydrogen (secondary N) is 1. The van der Waals surface area contributed by atoms with Crippen LogP contribution in [0, 0.1) is 0 Å². The summed E-state index contributed by atoms with van der Waals surface area (Å²) in [6, 6.07) is -0.252. The normalized spacial score (nSPS) is 22.1. The van der Waals surface area contributed by atoms with E-state index in [9.17, 15) is 13.2 Å². The Hall–Kier alpha value is -0.790. The fourth-order valence-corrected chi connectivity index (χ4v) is 4.74. The third-order valence-corrected chi connectivity index (χ3v) is 6.03. The molecule has 118 valence electrons. The Morgan fingerprint density at radius 2 is 2.19 bits per heavy atom. The molecule has 1 aromatic rings. The van der Waals surface area contributed by atoms with Crippen molar-refractivity contribution in [2.75, 3.05) is 18.1 Å². The molecule has 1 aliphatic heterocycles. The lowest BCUT2D eigenvalue weighted by Gasteiger charge is -2.22. The van der Waals surface area contributed by atoms with E-state index in [0.717, 1.165) is 10.7 Å². The van der Waals surface area contributed by atoms with E-state index in [1.54, 1.807) is 0 Å². The molecule has 1 aromatic heterocycles.